The molecule has 32 heavy (non-hydrogen) atoms. The third-order valence-corrected chi connectivity index (χ3v) is 5.47. The number of aliphatic imine (C=N–C) groups is 1. The van der Waals surface area contributed by atoms with E-state index in [0.29, 0.717) is 6.54 Å². The Kier molecular flexibility index (Phi) is 17.2. The van der Waals surface area contributed by atoms with Crippen LogP contribution in [0.2, 0.25) is 0 Å². The molecule has 1 rings (SSSR count). The lowest BCUT2D eigenvalue weighted by atomic mass is 10.1. The van der Waals surface area contributed by atoms with Gasteiger partial charge in [0.15, 0.2) is 5.96 Å². The molecule has 1 unspecified atom stereocenters. The molecule has 9 heteroatoms. The van der Waals surface area contributed by atoms with E-state index in [1.54, 1.807) is 7.05 Å². The molecule has 0 aromatic carbocycles. The van der Waals surface area contributed by atoms with Crippen molar-refractivity contribution in [1.82, 2.24) is 25.8 Å². The van der Waals surface area contributed by atoms with Crippen LogP contribution < -0.4 is 16.0 Å². The number of carbonyl (C=O) groups excluding carboxylic acids is 1. The molecule has 0 aliphatic carbocycles. The van der Waals surface area contributed by atoms with Gasteiger partial charge in [-0.2, -0.15) is 0 Å². The van der Waals surface area contributed by atoms with Crippen LogP contribution >= 0.6 is 24.0 Å². The molecule has 1 amide bonds. The molecule has 8 nitrogen and oxygen atoms in total. The van der Waals surface area contributed by atoms with E-state index < -0.39 is 5.60 Å². The Hall–Kier alpha value is -0.810. The third-order valence-electron chi connectivity index (χ3n) is 5.47. The molecule has 1 aliphatic heterocycles. The number of hydrogen-bond acceptors (Lipinski definition) is 5. The first-order valence-corrected chi connectivity index (χ1v) is 12.2. The summed E-state index contributed by atoms with van der Waals surface area (Å²) in [5.74, 6) is 0.795. The fourth-order valence-electron chi connectivity index (χ4n) is 3.58. The van der Waals surface area contributed by atoms with Gasteiger partial charge in [-0.05, 0) is 53.1 Å². The largest absolute Gasteiger partial charge is 0.444 e. The summed E-state index contributed by atoms with van der Waals surface area (Å²) in [6, 6.07) is 0.119. The Morgan fingerprint density at radius 1 is 1.03 bits per heavy atom. The van der Waals surface area contributed by atoms with Crippen LogP contribution in [0.3, 0.4) is 0 Å². The SMILES string of the molecule is CCCCC(CNC(=O)OC(C)(C)C)NC(=NC)NCCCCN1CCN(CC)CC1.I. The van der Waals surface area contributed by atoms with Crippen LogP contribution in [-0.4, -0.2) is 92.9 Å². The summed E-state index contributed by atoms with van der Waals surface area (Å²) >= 11 is 0. The minimum absolute atomic E-state index is 0. The average Bonchev–Trinajstić information content (AvgIpc) is 2.73. The fraction of sp³-hybridized carbons (Fsp3) is 0.913. The van der Waals surface area contributed by atoms with Crippen LogP contribution in [0.5, 0.6) is 0 Å². The van der Waals surface area contributed by atoms with Crippen LogP contribution in [0.4, 0.5) is 4.79 Å². The van der Waals surface area contributed by atoms with Crippen LogP contribution in [0.15, 0.2) is 4.99 Å². The van der Waals surface area contributed by atoms with E-state index in [9.17, 15) is 4.79 Å². The van der Waals surface area contributed by atoms with E-state index >= 15 is 0 Å². The Morgan fingerprint density at radius 3 is 2.25 bits per heavy atom. The molecule has 3 N–H and O–H groups in total. The van der Waals surface area contributed by atoms with Gasteiger partial charge in [-0.3, -0.25) is 4.99 Å². The van der Waals surface area contributed by atoms with Crippen LogP contribution in [0.25, 0.3) is 0 Å². The zero-order valence-electron chi connectivity index (χ0n) is 21.3. The monoisotopic (exact) mass is 568 g/mol. The van der Waals surface area contributed by atoms with Gasteiger partial charge in [0.25, 0.3) is 0 Å². The van der Waals surface area contributed by atoms with Crippen molar-refractivity contribution in [3.63, 3.8) is 0 Å². The number of guanidine groups is 1. The minimum atomic E-state index is -0.488. The summed E-state index contributed by atoms with van der Waals surface area (Å²) in [5, 5.41) is 9.77. The van der Waals surface area contributed by atoms with Crippen LogP contribution in [0, 0.1) is 0 Å². The molecule has 1 atom stereocenters. The van der Waals surface area contributed by atoms with Crippen LogP contribution in [-0.2, 0) is 4.74 Å². The van der Waals surface area contributed by atoms with E-state index in [1.807, 2.05) is 20.8 Å². The highest BCUT2D eigenvalue weighted by atomic mass is 127. The zero-order chi connectivity index (χ0) is 23.1. The van der Waals surface area contributed by atoms with Gasteiger partial charge in [0.2, 0.25) is 0 Å². The van der Waals surface area contributed by atoms with Gasteiger partial charge in [0.1, 0.15) is 5.60 Å². The van der Waals surface area contributed by atoms with Crippen molar-refractivity contribution in [2.24, 2.45) is 4.99 Å². The second kappa shape index (κ2) is 17.6. The minimum Gasteiger partial charge on any atom is -0.444 e. The number of unbranched alkanes of at least 4 members (excludes halogenated alkanes) is 2. The van der Waals surface area contributed by atoms with E-state index in [1.165, 1.54) is 39.1 Å². The van der Waals surface area contributed by atoms with Gasteiger partial charge < -0.3 is 30.5 Å². The number of alkyl carbamates (subject to hydrolysis) is 1. The molecule has 1 aliphatic rings. The highest BCUT2D eigenvalue weighted by molar-refractivity contribution is 14.0. The van der Waals surface area contributed by atoms with Crippen LogP contribution in [0.1, 0.15) is 66.7 Å². The fourth-order valence-corrected chi connectivity index (χ4v) is 3.58. The number of amides is 1. The molecule has 0 aromatic rings. The zero-order valence-corrected chi connectivity index (χ0v) is 23.7. The first kappa shape index (κ1) is 31.2. The predicted molar refractivity (Wildman–Crippen MR) is 145 cm³/mol. The molecule has 0 saturated carbocycles. The van der Waals surface area contributed by atoms with Gasteiger partial charge >= 0.3 is 6.09 Å². The molecule has 0 aromatic heterocycles. The summed E-state index contributed by atoms with van der Waals surface area (Å²) in [6.07, 6.45) is 5.11. The quantitative estimate of drug-likeness (QED) is 0.145. The van der Waals surface area contributed by atoms with Crippen molar-refractivity contribution in [3.05, 3.63) is 0 Å². The lowest BCUT2D eigenvalue weighted by Gasteiger charge is -2.34. The Morgan fingerprint density at radius 2 is 1.69 bits per heavy atom. The third kappa shape index (κ3) is 15.1. The summed E-state index contributed by atoms with van der Waals surface area (Å²) < 4.78 is 5.35. The number of halogens is 1. The molecule has 1 saturated heterocycles. The summed E-state index contributed by atoms with van der Waals surface area (Å²) in [6.45, 7) is 18.5. The van der Waals surface area contributed by atoms with Crippen molar-refractivity contribution in [1.29, 1.82) is 0 Å². The summed E-state index contributed by atoms with van der Waals surface area (Å²) in [4.78, 5) is 21.4. The maximum Gasteiger partial charge on any atom is 0.407 e. The number of carbonyl (C=O) groups is 1. The van der Waals surface area contributed by atoms with Gasteiger partial charge in [-0.15, -0.1) is 24.0 Å². The Labute approximate surface area is 213 Å². The van der Waals surface area contributed by atoms with Crippen molar-refractivity contribution in [2.75, 3.05) is 59.4 Å². The topological polar surface area (TPSA) is 81.2 Å². The van der Waals surface area contributed by atoms with E-state index in [2.05, 4.69) is 44.6 Å². The number of piperazine rings is 1. The van der Waals surface area contributed by atoms with Crippen molar-refractivity contribution < 1.29 is 9.53 Å². The summed E-state index contributed by atoms with van der Waals surface area (Å²) in [5.41, 5.74) is -0.488. The number of nitrogens with one attached hydrogen (secondary N) is 3. The molecular weight excluding hydrogens is 519 g/mol. The molecule has 0 spiro atoms. The van der Waals surface area contributed by atoms with Gasteiger partial charge in [0, 0.05) is 52.4 Å². The van der Waals surface area contributed by atoms with Gasteiger partial charge in [-0.25, -0.2) is 4.79 Å². The first-order chi connectivity index (χ1) is 14.8. The number of likely N-dealkylation sites (N-methyl/N-ethyl adjacent to an activating group) is 1. The Bertz CT molecular complexity index is 519. The molecule has 1 heterocycles. The lowest BCUT2D eigenvalue weighted by Crippen LogP contribution is -2.49. The number of hydrogen-bond donors (Lipinski definition) is 3. The smallest absolute Gasteiger partial charge is 0.407 e. The normalized spacial score (nSPS) is 16.8. The maximum absolute atomic E-state index is 12.0. The second-order valence-corrected chi connectivity index (χ2v) is 9.35. The highest BCUT2D eigenvalue weighted by Crippen LogP contribution is 2.07. The molecule has 0 bridgehead atoms. The molecule has 1 fully saturated rings. The maximum atomic E-state index is 12.0. The Balaban J connectivity index is 0.00000961. The van der Waals surface area contributed by atoms with Crippen molar-refractivity contribution >= 4 is 36.0 Å². The lowest BCUT2D eigenvalue weighted by molar-refractivity contribution is 0.0522. The van der Waals surface area contributed by atoms with E-state index in [-0.39, 0.29) is 36.1 Å². The molecule has 0 radical (unpaired) electrons. The molecular formula is C23H49IN6O2. The van der Waals surface area contributed by atoms with E-state index in [4.69, 9.17) is 4.74 Å². The average molecular weight is 569 g/mol. The molecule has 190 valence electrons. The van der Waals surface area contributed by atoms with Crippen molar-refractivity contribution in [2.45, 2.75) is 78.4 Å². The highest BCUT2D eigenvalue weighted by Gasteiger charge is 2.18. The van der Waals surface area contributed by atoms with E-state index in [0.717, 1.165) is 44.7 Å². The number of ether oxygens (including phenoxy) is 1. The first-order valence-electron chi connectivity index (χ1n) is 12.2. The summed E-state index contributed by atoms with van der Waals surface area (Å²) in [7, 11) is 1.79. The second-order valence-electron chi connectivity index (χ2n) is 9.35. The predicted octanol–water partition coefficient (Wildman–Crippen LogP) is 3.27. The van der Waals surface area contributed by atoms with Gasteiger partial charge in [0.05, 0.1) is 0 Å². The van der Waals surface area contributed by atoms with Crippen molar-refractivity contribution in [3.8, 4) is 0 Å². The number of nitrogens with zero attached hydrogens (tertiary/aromatic N) is 3. The standard InChI is InChI=1S/C23H48N6O2.HI/c1-7-9-12-20(19-26-22(30)31-23(3,4)5)27-21(24-6)25-13-10-11-14-29-17-15-28(8-2)16-18-29;/h20H,7-19H2,1-6H3,(H,26,30)(H2,24,25,27);1H. The number of rotatable bonds is 12. The van der Waals surface area contributed by atoms with Gasteiger partial charge in [-0.1, -0.05) is 26.7 Å².